The van der Waals surface area contributed by atoms with Gasteiger partial charge in [-0.3, -0.25) is 4.79 Å². The molecule has 2 aromatic rings. The number of amides is 1. The first-order valence-corrected chi connectivity index (χ1v) is 7.55. The zero-order chi connectivity index (χ0) is 14.5. The number of nitrogens with zero attached hydrogens (tertiary/aromatic N) is 3. The number of thioether (sulfide) groups is 1. The summed E-state index contributed by atoms with van der Waals surface area (Å²) in [6.07, 6.45) is 1.95. The molecule has 0 saturated carbocycles. The van der Waals surface area contributed by atoms with Crippen molar-refractivity contribution in [2.75, 3.05) is 14.1 Å². The zero-order valence-electron chi connectivity index (χ0n) is 12.0. The number of benzene rings is 1. The van der Waals surface area contributed by atoms with Crippen LogP contribution in [-0.4, -0.2) is 39.9 Å². The Kier molecular flexibility index (Phi) is 4.84. The minimum atomic E-state index is -0.0492. The van der Waals surface area contributed by atoms with Crippen LogP contribution in [0.25, 0.3) is 5.69 Å². The van der Waals surface area contributed by atoms with Crippen molar-refractivity contribution in [3.05, 3.63) is 48.3 Å². The number of carbonyl (C=O) groups is 1. The molecule has 0 spiro atoms. The van der Waals surface area contributed by atoms with Gasteiger partial charge in [0, 0.05) is 26.0 Å². The van der Waals surface area contributed by atoms with Crippen molar-refractivity contribution < 1.29 is 4.79 Å². The molecule has 106 valence electrons. The van der Waals surface area contributed by atoms with Gasteiger partial charge in [-0.15, -0.1) is 11.8 Å². The number of carbonyl (C=O) groups excluding carboxylic acids is 1. The molecule has 0 N–H and O–H groups in total. The number of para-hydroxylation sites is 1. The lowest BCUT2D eigenvalue weighted by Gasteiger charge is -2.15. The summed E-state index contributed by atoms with van der Waals surface area (Å²) in [4.78, 5) is 13.4. The molecule has 1 atom stereocenters. The van der Waals surface area contributed by atoms with Gasteiger partial charge in [0.2, 0.25) is 5.91 Å². The number of rotatable bonds is 5. The molecule has 1 heterocycles. The summed E-state index contributed by atoms with van der Waals surface area (Å²) in [5.74, 6) is 0.873. The van der Waals surface area contributed by atoms with Gasteiger partial charge < -0.3 is 4.90 Å². The second kappa shape index (κ2) is 6.61. The predicted octanol–water partition coefficient (Wildman–Crippen LogP) is 2.58. The maximum absolute atomic E-state index is 11.8. The van der Waals surface area contributed by atoms with E-state index in [9.17, 15) is 4.79 Å². The fourth-order valence-corrected chi connectivity index (χ4v) is 2.74. The Morgan fingerprint density at radius 2 is 2.00 bits per heavy atom. The topological polar surface area (TPSA) is 38.1 Å². The average Bonchev–Trinajstić information content (AvgIpc) is 2.93. The van der Waals surface area contributed by atoms with Crippen molar-refractivity contribution in [1.82, 2.24) is 14.7 Å². The normalized spacial score (nSPS) is 12.2. The van der Waals surface area contributed by atoms with Gasteiger partial charge in [-0.1, -0.05) is 18.2 Å². The third kappa shape index (κ3) is 3.63. The van der Waals surface area contributed by atoms with Gasteiger partial charge in [0.05, 0.1) is 16.6 Å². The Bertz CT molecular complexity index is 566. The molecule has 0 fully saturated rings. The van der Waals surface area contributed by atoms with Crippen molar-refractivity contribution in [2.24, 2.45) is 0 Å². The van der Waals surface area contributed by atoms with Crippen LogP contribution in [0.2, 0.25) is 0 Å². The van der Waals surface area contributed by atoms with Gasteiger partial charge >= 0.3 is 0 Å². The monoisotopic (exact) mass is 289 g/mol. The highest BCUT2D eigenvalue weighted by molar-refractivity contribution is 7.99. The molecule has 20 heavy (non-hydrogen) atoms. The van der Waals surface area contributed by atoms with Crippen LogP contribution in [0.1, 0.15) is 12.6 Å². The van der Waals surface area contributed by atoms with Crippen LogP contribution in [0.4, 0.5) is 0 Å². The smallest absolute Gasteiger partial charge is 0.234 e. The first-order chi connectivity index (χ1) is 9.58. The minimum Gasteiger partial charge on any atom is -0.348 e. The number of hydrogen-bond acceptors (Lipinski definition) is 3. The van der Waals surface area contributed by atoms with E-state index in [2.05, 4.69) is 5.10 Å². The van der Waals surface area contributed by atoms with Crippen molar-refractivity contribution in [2.45, 2.75) is 17.9 Å². The lowest BCUT2D eigenvalue weighted by Crippen LogP contribution is -2.29. The summed E-state index contributed by atoms with van der Waals surface area (Å²) in [6.45, 7) is 1.93. The Morgan fingerprint density at radius 1 is 1.30 bits per heavy atom. The van der Waals surface area contributed by atoms with Gasteiger partial charge in [-0.05, 0) is 25.1 Å². The Labute approximate surface area is 123 Å². The molecule has 0 aliphatic heterocycles. The standard InChI is InChI=1S/C15H19N3OS/c1-12(15(19)17(2)3)20-11-13-9-10-18(16-13)14-7-5-4-6-8-14/h4-10,12H,11H2,1-3H3/t12-/m0/s1. The van der Waals surface area contributed by atoms with Crippen LogP contribution in [0.5, 0.6) is 0 Å². The van der Waals surface area contributed by atoms with Gasteiger partial charge in [-0.25, -0.2) is 4.68 Å². The van der Waals surface area contributed by atoms with Crippen molar-refractivity contribution in [3.8, 4) is 5.69 Å². The summed E-state index contributed by atoms with van der Waals surface area (Å²) < 4.78 is 1.86. The number of hydrogen-bond donors (Lipinski definition) is 0. The molecule has 1 amide bonds. The average molecular weight is 289 g/mol. The highest BCUT2D eigenvalue weighted by Crippen LogP contribution is 2.18. The second-order valence-electron chi connectivity index (χ2n) is 4.77. The summed E-state index contributed by atoms with van der Waals surface area (Å²) in [7, 11) is 3.56. The van der Waals surface area contributed by atoms with E-state index in [4.69, 9.17) is 0 Å². The summed E-state index contributed by atoms with van der Waals surface area (Å²) in [5.41, 5.74) is 2.03. The highest BCUT2D eigenvalue weighted by atomic mass is 32.2. The van der Waals surface area contributed by atoms with Crippen LogP contribution in [0, 0.1) is 0 Å². The van der Waals surface area contributed by atoms with Crippen LogP contribution >= 0.6 is 11.8 Å². The Morgan fingerprint density at radius 3 is 2.65 bits per heavy atom. The SMILES string of the molecule is C[C@H](SCc1ccn(-c2ccccc2)n1)C(=O)N(C)C. The van der Waals surface area contributed by atoms with E-state index in [1.54, 1.807) is 30.8 Å². The highest BCUT2D eigenvalue weighted by Gasteiger charge is 2.15. The molecule has 0 unspecified atom stereocenters. The molecular formula is C15H19N3OS. The zero-order valence-corrected chi connectivity index (χ0v) is 12.8. The molecule has 1 aromatic heterocycles. The van der Waals surface area contributed by atoms with Crippen LogP contribution in [-0.2, 0) is 10.5 Å². The fraction of sp³-hybridized carbons (Fsp3) is 0.333. The van der Waals surface area contributed by atoms with E-state index in [0.29, 0.717) is 0 Å². The van der Waals surface area contributed by atoms with Crippen LogP contribution < -0.4 is 0 Å². The molecule has 0 saturated heterocycles. The van der Waals surface area contributed by atoms with Crippen molar-refractivity contribution in [1.29, 1.82) is 0 Å². The first-order valence-electron chi connectivity index (χ1n) is 6.50. The van der Waals surface area contributed by atoms with E-state index < -0.39 is 0 Å². The molecule has 1 aromatic carbocycles. The molecule has 4 nitrogen and oxygen atoms in total. The van der Waals surface area contributed by atoms with E-state index in [0.717, 1.165) is 17.1 Å². The molecule has 0 aliphatic rings. The lowest BCUT2D eigenvalue weighted by atomic mass is 10.3. The van der Waals surface area contributed by atoms with E-state index in [1.807, 2.05) is 54.2 Å². The molecule has 0 radical (unpaired) electrons. The Hall–Kier alpha value is -1.75. The molecule has 0 bridgehead atoms. The van der Waals surface area contributed by atoms with Crippen LogP contribution in [0.15, 0.2) is 42.6 Å². The van der Waals surface area contributed by atoms with Crippen molar-refractivity contribution in [3.63, 3.8) is 0 Å². The quantitative estimate of drug-likeness (QED) is 0.849. The maximum atomic E-state index is 11.8. The summed E-state index contributed by atoms with van der Waals surface area (Å²) >= 11 is 1.61. The summed E-state index contributed by atoms with van der Waals surface area (Å²) in [6, 6.07) is 12.0. The molecule has 0 aliphatic carbocycles. The van der Waals surface area contributed by atoms with Crippen molar-refractivity contribution >= 4 is 17.7 Å². The van der Waals surface area contributed by atoms with Gasteiger partial charge in [0.1, 0.15) is 0 Å². The first kappa shape index (κ1) is 14.7. The van der Waals surface area contributed by atoms with E-state index in [-0.39, 0.29) is 11.2 Å². The van der Waals surface area contributed by atoms with Gasteiger partial charge in [-0.2, -0.15) is 5.10 Å². The third-order valence-electron chi connectivity index (χ3n) is 2.93. The molecule has 5 heteroatoms. The molecule has 2 rings (SSSR count). The maximum Gasteiger partial charge on any atom is 0.234 e. The van der Waals surface area contributed by atoms with E-state index in [1.165, 1.54) is 0 Å². The second-order valence-corrected chi connectivity index (χ2v) is 6.10. The number of aromatic nitrogens is 2. The molecular weight excluding hydrogens is 270 g/mol. The van der Waals surface area contributed by atoms with Gasteiger partial charge in [0.25, 0.3) is 0 Å². The predicted molar refractivity (Wildman–Crippen MR) is 83.0 cm³/mol. The fourth-order valence-electron chi connectivity index (χ4n) is 1.81. The minimum absolute atomic E-state index is 0.0492. The summed E-state index contributed by atoms with van der Waals surface area (Å²) in [5, 5.41) is 4.48. The lowest BCUT2D eigenvalue weighted by molar-refractivity contribution is -0.127. The van der Waals surface area contributed by atoms with Crippen LogP contribution in [0.3, 0.4) is 0 Å². The largest absolute Gasteiger partial charge is 0.348 e. The van der Waals surface area contributed by atoms with Gasteiger partial charge in [0.15, 0.2) is 0 Å². The third-order valence-corrected chi connectivity index (χ3v) is 4.10. The Balaban J connectivity index is 1.95. The van der Waals surface area contributed by atoms with E-state index >= 15 is 0 Å².